The molecule has 2 atom stereocenters. The van der Waals surface area contributed by atoms with Crippen LogP contribution in [0.15, 0.2) is 12.7 Å². The van der Waals surface area contributed by atoms with Gasteiger partial charge in [0.25, 0.3) is 0 Å². The van der Waals surface area contributed by atoms with Crippen LogP contribution in [0.5, 0.6) is 0 Å². The Labute approximate surface area is 110 Å². The van der Waals surface area contributed by atoms with Crippen molar-refractivity contribution in [2.45, 2.75) is 38.4 Å². The first-order chi connectivity index (χ1) is 8.73. The van der Waals surface area contributed by atoms with Crippen LogP contribution >= 0.6 is 0 Å². The van der Waals surface area contributed by atoms with Crippen molar-refractivity contribution in [3.63, 3.8) is 0 Å². The second-order valence-electron chi connectivity index (χ2n) is 4.71. The Balaban J connectivity index is 3.38. The van der Waals surface area contributed by atoms with E-state index in [9.17, 15) is 24.6 Å². The van der Waals surface area contributed by atoms with Crippen molar-refractivity contribution in [2.75, 3.05) is 0 Å². The smallest absolute Gasteiger partial charge is 0.328 e. The van der Waals surface area contributed by atoms with E-state index in [4.69, 9.17) is 0 Å². The molecule has 0 bridgehead atoms. The van der Waals surface area contributed by atoms with Crippen molar-refractivity contribution >= 4 is 17.8 Å². The van der Waals surface area contributed by atoms with Crippen LogP contribution in [0.3, 0.4) is 0 Å². The molecule has 0 spiro atoms. The van der Waals surface area contributed by atoms with E-state index in [-0.39, 0.29) is 12.8 Å². The molecule has 1 rings (SSSR count). The number of hydrogen-bond acceptors (Lipinski definition) is 5. The van der Waals surface area contributed by atoms with Gasteiger partial charge in [-0.1, -0.05) is 13.0 Å². The van der Waals surface area contributed by atoms with E-state index in [2.05, 4.69) is 6.58 Å². The van der Waals surface area contributed by atoms with Gasteiger partial charge in [-0.3, -0.25) is 20.2 Å². The molecule has 1 heterocycles. The van der Waals surface area contributed by atoms with Crippen molar-refractivity contribution in [3.8, 4) is 0 Å². The molecule has 1 aliphatic rings. The van der Waals surface area contributed by atoms with Gasteiger partial charge in [0.05, 0.1) is 6.10 Å². The maximum absolute atomic E-state index is 12.1. The van der Waals surface area contributed by atoms with E-state index >= 15 is 0 Å². The minimum absolute atomic E-state index is 0.139. The summed E-state index contributed by atoms with van der Waals surface area (Å²) in [5, 5.41) is 24.3. The summed E-state index contributed by atoms with van der Waals surface area (Å²) in [7, 11) is 0. The monoisotopic (exact) mass is 270 g/mol. The summed E-state index contributed by atoms with van der Waals surface area (Å²) < 4.78 is 0. The zero-order chi connectivity index (χ0) is 14.8. The van der Waals surface area contributed by atoms with Gasteiger partial charge in [0, 0.05) is 0 Å². The van der Waals surface area contributed by atoms with Crippen molar-refractivity contribution in [3.05, 3.63) is 12.7 Å². The zero-order valence-electron chi connectivity index (χ0n) is 10.9. The molecule has 1 aliphatic heterocycles. The number of aliphatic hydroxyl groups excluding tert-OH is 1. The molecule has 0 radical (unpaired) electrons. The molecule has 7 nitrogen and oxygen atoms in total. The first-order valence-corrected chi connectivity index (χ1v) is 5.92. The number of nitrogens with one attached hydrogen (secondary N) is 2. The van der Waals surface area contributed by atoms with Crippen LogP contribution < -0.4 is 10.6 Å². The highest BCUT2D eigenvalue weighted by atomic mass is 16.3. The molecular formula is C12H18N2O5. The van der Waals surface area contributed by atoms with Crippen LogP contribution in [0.1, 0.15) is 26.7 Å². The SMILES string of the molecule is C=CCC1(C(C)(O)C(O)CC)C(=O)NC(=O)NC1=O. The lowest BCUT2D eigenvalue weighted by atomic mass is 9.65. The van der Waals surface area contributed by atoms with Crippen LogP contribution in [0.25, 0.3) is 0 Å². The number of hydrogen-bond donors (Lipinski definition) is 4. The van der Waals surface area contributed by atoms with E-state index in [1.165, 1.54) is 13.0 Å². The molecule has 2 unspecified atom stereocenters. The Kier molecular flexibility index (Phi) is 4.12. The number of rotatable bonds is 5. The normalized spacial score (nSPS) is 23.1. The third-order valence-corrected chi connectivity index (χ3v) is 3.58. The maximum Gasteiger partial charge on any atom is 0.328 e. The Hall–Kier alpha value is -1.73. The first kappa shape index (κ1) is 15.3. The summed E-state index contributed by atoms with van der Waals surface area (Å²) in [4.78, 5) is 35.3. The van der Waals surface area contributed by atoms with Crippen LogP contribution in [-0.2, 0) is 9.59 Å². The molecule has 0 aliphatic carbocycles. The number of imide groups is 2. The Morgan fingerprint density at radius 2 is 1.84 bits per heavy atom. The second kappa shape index (κ2) is 5.10. The van der Waals surface area contributed by atoms with Crippen molar-refractivity contribution in [2.24, 2.45) is 5.41 Å². The van der Waals surface area contributed by atoms with Crippen molar-refractivity contribution in [1.82, 2.24) is 10.6 Å². The Morgan fingerprint density at radius 1 is 1.37 bits per heavy atom. The minimum Gasteiger partial charge on any atom is -0.390 e. The first-order valence-electron chi connectivity index (χ1n) is 5.92. The Morgan fingerprint density at radius 3 is 2.21 bits per heavy atom. The lowest BCUT2D eigenvalue weighted by Crippen LogP contribution is -2.72. The van der Waals surface area contributed by atoms with E-state index < -0.39 is 35.0 Å². The molecule has 0 saturated carbocycles. The van der Waals surface area contributed by atoms with Crippen molar-refractivity contribution < 1.29 is 24.6 Å². The Bertz CT molecular complexity index is 410. The van der Waals surface area contributed by atoms with Crippen LogP contribution in [0.4, 0.5) is 4.79 Å². The van der Waals surface area contributed by atoms with Gasteiger partial charge in [0.1, 0.15) is 5.60 Å². The number of amides is 4. The van der Waals surface area contributed by atoms with Crippen molar-refractivity contribution in [1.29, 1.82) is 0 Å². The summed E-state index contributed by atoms with van der Waals surface area (Å²) in [5.41, 5.74) is -4.02. The van der Waals surface area contributed by atoms with Crippen LogP contribution in [0, 0.1) is 5.41 Å². The highest BCUT2D eigenvalue weighted by Gasteiger charge is 2.62. The van der Waals surface area contributed by atoms with E-state index in [1.807, 2.05) is 10.6 Å². The van der Waals surface area contributed by atoms with Gasteiger partial charge < -0.3 is 10.2 Å². The largest absolute Gasteiger partial charge is 0.390 e. The lowest BCUT2D eigenvalue weighted by Gasteiger charge is -2.45. The fraction of sp³-hybridized carbons (Fsp3) is 0.583. The van der Waals surface area contributed by atoms with Crippen LogP contribution in [0.2, 0.25) is 0 Å². The molecule has 0 aromatic carbocycles. The molecule has 4 N–H and O–H groups in total. The molecule has 106 valence electrons. The van der Waals surface area contributed by atoms with Gasteiger partial charge in [-0.25, -0.2) is 4.79 Å². The molecule has 1 fully saturated rings. The summed E-state index contributed by atoms with van der Waals surface area (Å²) in [6.07, 6.45) is -0.0917. The highest BCUT2D eigenvalue weighted by molar-refractivity contribution is 6.20. The summed E-state index contributed by atoms with van der Waals surface area (Å²) in [6, 6.07) is -0.948. The number of carbonyl (C=O) groups is 3. The number of allylic oxidation sites excluding steroid dienone is 1. The van der Waals surface area contributed by atoms with E-state index in [1.54, 1.807) is 6.92 Å². The fourth-order valence-electron chi connectivity index (χ4n) is 2.30. The van der Waals surface area contributed by atoms with Crippen LogP contribution in [-0.4, -0.2) is 39.8 Å². The molecular weight excluding hydrogens is 252 g/mol. The maximum atomic E-state index is 12.1. The van der Waals surface area contributed by atoms with Gasteiger partial charge in [0.2, 0.25) is 11.8 Å². The third-order valence-electron chi connectivity index (χ3n) is 3.58. The van der Waals surface area contributed by atoms with Gasteiger partial charge in [0.15, 0.2) is 5.41 Å². The molecule has 7 heteroatoms. The molecule has 1 saturated heterocycles. The second-order valence-corrected chi connectivity index (χ2v) is 4.71. The zero-order valence-corrected chi connectivity index (χ0v) is 10.9. The van der Waals surface area contributed by atoms with Gasteiger partial charge in [-0.05, 0) is 19.8 Å². The predicted molar refractivity (Wildman–Crippen MR) is 65.9 cm³/mol. The minimum atomic E-state index is -2.04. The molecule has 0 aromatic heterocycles. The summed E-state index contributed by atoms with van der Waals surface area (Å²) in [6.45, 7) is 6.24. The molecule has 0 aromatic rings. The van der Waals surface area contributed by atoms with E-state index in [0.29, 0.717) is 0 Å². The molecule has 19 heavy (non-hydrogen) atoms. The third kappa shape index (κ3) is 2.15. The standard InChI is InChI=1S/C12H18N2O5/c1-4-6-12(11(3,19)7(15)5-2)8(16)13-10(18)14-9(12)17/h4,7,15,19H,1,5-6H2,2-3H3,(H2,13,14,16,17,18). The van der Waals surface area contributed by atoms with Gasteiger partial charge in [-0.2, -0.15) is 0 Å². The quantitative estimate of drug-likeness (QED) is 0.394. The number of barbiturate groups is 1. The van der Waals surface area contributed by atoms with Gasteiger partial charge >= 0.3 is 6.03 Å². The number of urea groups is 1. The molecule has 4 amide bonds. The average molecular weight is 270 g/mol. The topological polar surface area (TPSA) is 116 Å². The lowest BCUT2D eigenvalue weighted by molar-refractivity contribution is -0.180. The van der Waals surface area contributed by atoms with Gasteiger partial charge in [-0.15, -0.1) is 6.58 Å². The summed E-state index contributed by atoms with van der Waals surface area (Å²) in [5.74, 6) is -1.89. The highest BCUT2D eigenvalue weighted by Crippen LogP contribution is 2.40. The predicted octanol–water partition coefficient (Wildman–Crippen LogP) is -0.563. The summed E-state index contributed by atoms with van der Waals surface area (Å²) >= 11 is 0. The average Bonchev–Trinajstić information content (AvgIpc) is 2.32. The number of carbonyl (C=O) groups excluding carboxylic acids is 3. The number of aliphatic hydroxyl groups is 2. The van der Waals surface area contributed by atoms with E-state index in [0.717, 1.165) is 0 Å². The fourth-order valence-corrected chi connectivity index (χ4v) is 2.30.